The number of nitrogens with two attached hydrogens (primary N) is 1. The molecule has 1 aromatic heterocycles. The van der Waals surface area contributed by atoms with Crippen LogP contribution in [0.15, 0.2) is 6.07 Å². The third-order valence-corrected chi connectivity index (χ3v) is 3.00. The summed E-state index contributed by atoms with van der Waals surface area (Å²) in [5.74, 6) is 0.567. The molecule has 92 valence electrons. The van der Waals surface area contributed by atoms with Gasteiger partial charge in [0.1, 0.15) is 5.84 Å². The van der Waals surface area contributed by atoms with Crippen LogP contribution in [0, 0.1) is 5.41 Å². The molecule has 3 N–H and O–H groups in total. The van der Waals surface area contributed by atoms with E-state index >= 15 is 0 Å². The molecule has 0 aliphatic heterocycles. The van der Waals surface area contributed by atoms with E-state index < -0.39 is 0 Å². The van der Waals surface area contributed by atoms with E-state index in [4.69, 9.17) is 15.9 Å². The average Bonchev–Trinajstić information content (AvgIpc) is 2.35. The first-order valence-electron chi connectivity index (χ1n) is 6.22. The van der Waals surface area contributed by atoms with E-state index in [1.54, 1.807) is 0 Å². The second-order valence-corrected chi connectivity index (χ2v) is 4.42. The van der Waals surface area contributed by atoms with Crippen molar-refractivity contribution in [2.75, 3.05) is 6.61 Å². The molecule has 4 heteroatoms. The van der Waals surface area contributed by atoms with Crippen LogP contribution < -0.4 is 10.5 Å². The highest BCUT2D eigenvalue weighted by molar-refractivity contribution is 5.97. The van der Waals surface area contributed by atoms with Gasteiger partial charge in [0.2, 0.25) is 5.88 Å². The minimum atomic E-state index is 0.0389. The third-order valence-electron chi connectivity index (χ3n) is 3.00. The summed E-state index contributed by atoms with van der Waals surface area (Å²) in [4.78, 5) is 4.53. The maximum Gasteiger partial charge on any atom is 0.224 e. The summed E-state index contributed by atoms with van der Waals surface area (Å²) >= 11 is 0. The van der Waals surface area contributed by atoms with Crippen molar-refractivity contribution in [1.29, 1.82) is 5.41 Å². The predicted molar refractivity (Wildman–Crippen MR) is 67.7 cm³/mol. The van der Waals surface area contributed by atoms with Crippen molar-refractivity contribution >= 4 is 5.84 Å². The number of hydrogen-bond donors (Lipinski definition) is 2. The number of amidine groups is 1. The van der Waals surface area contributed by atoms with Gasteiger partial charge >= 0.3 is 0 Å². The number of aryl methyl sites for hydroxylation is 2. The van der Waals surface area contributed by atoms with Crippen LogP contribution in [-0.2, 0) is 12.8 Å². The van der Waals surface area contributed by atoms with Crippen molar-refractivity contribution in [3.8, 4) is 5.88 Å². The quantitative estimate of drug-likeness (QED) is 0.617. The molecule has 4 nitrogen and oxygen atoms in total. The van der Waals surface area contributed by atoms with Crippen LogP contribution in [0.4, 0.5) is 0 Å². The van der Waals surface area contributed by atoms with E-state index in [1.165, 1.54) is 18.4 Å². The van der Waals surface area contributed by atoms with Crippen LogP contribution >= 0.6 is 0 Å². The molecule has 0 saturated heterocycles. The van der Waals surface area contributed by atoms with Crippen LogP contribution in [0.2, 0.25) is 0 Å². The van der Waals surface area contributed by atoms with Crippen LogP contribution in [0.1, 0.15) is 43.0 Å². The fourth-order valence-electron chi connectivity index (χ4n) is 2.12. The van der Waals surface area contributed by atoms with Gasteiger partial charge in [0.15, 0.2) is 0 Å². The number of nitrogens with one attached hydrogen (secondary N) is 1. The van der Waals surface area contributed by atoms with Gasteiger partial charge in [0, 0.05) is 5.69 Å². The Bertz CT molecular complexity index is 429. The number of hydrogen-bond acceptors (Lipinski definition) is 3. The van der Waals surface area contributed by atoms with Gasteiger partial charge in [-0.15, -0.1) is 0 Å². The normalized spacial score (nSPS) is 14.2. The number of nitrogen functional groups attached to an aromatic ring is 1. The molecule has 0 saturated carbocycles. The molecule has 0 fully saturated rings. The van der Waals surface area contributed by atoms with Gasteiger partial charge in [0.25, 0.3) is 0 Å². The lowest BCUT2D eigenvalue weighted by atomic mass is 9.95. The highest BCUT2D eigenvalue weighted by Crippen LogP contribution is 2.25. The molecular formula is C13H19N3O. The maximum atomic E-state index is 7.59. The van der Waals surface area contributed by atoms with E-state index in [9.17, 15) is 0 Å². The number of aromatic nitrogens is 1. The van der Waals surface area contributed by atoms with Gasteiger partial charge in [-0.1, -0.05) is 6.92 Å². The van der Waals surface area contributed by atoms with E-state index in [2.05, 4.69) is 4.98 Å². The highest BCUT2D eigenvalue weighted by Gasteiger charge is 2.17. The zero-order chi connectivity index (χ0) is 12.3. The fraction of sp³-hybridized carbons (Fsp3) is 0.538. The first-order valence-corrected chi connectivity index (χ1v) is 6.22. The van der Waals surface area contributed by atoms with Gasteiger partial charge in [0.05, 0.1) is 12.2 Å². The van der Waals surface area contributed by atoms with Crippen LogP contribution in [0.3, 0.4) is 0 Å². The van der Waals surface area contributed by atoms with Crippen LogP contribution in [0.5, 0.6) is 5.88 Å². The number of fused-ring (bicyclic) bond motifs is 1. The summed E-state index contributed by atoms with van der Waals surface area (Å²) in [6.45, 7) is 2.66. The smallest absolute Gasteiger partial charge is 0.224 e. The van der Waals surface area contributed by atoms with E-state index in [0.717, 1.165) is 25.0 Å². The van der Waals surface area contributed by atoms with Crippen molar-refractivity contribution in [1.82, 2.24) is 4.98 Å². The first-order chi connectivity index (χ1) is 8.22. The minimum absolute atomic E-state index is 0.0389. The molecule has 0 aromatic carbocycles. The van der Waals surface area contributed by atoms with Crippen molar-refractivity contribution < 1.29 is 4.74 Å². The molecule has 1 aliphatic carbocycles. The Kier molecular flexibility index (Phi) is 3.61. The van der Waals surface area contributed by atoms with Gasteiger partial charge in [-0.05, 0) is 43.7 Å². The second-order valence-electron chi connectivity index (χ2n) is 4.42. The summed E-state index contributed by atoms with van der Waals surface area (Å²) in [7, 11) is 0. The molecule has 0 unspecified atom stereocenters. The molecule has 0 radical (unpaired) electrons. The van der Waals surface area contributed by atoms with Crippen molar-refractivity contribution in [2.24, 2.45) is 5.73 Å². The standard InChI is InChI=1S/C13H19N3O/c1-2-7-17-13-10(12(14)15)8-9-5-3-4-6-11(9)16-13/h8H,2-7H2,1H3,(H3,14,15). The third kappa shape index (κ3) is 2.57. The molecule has 0 atom stereocenters. The SMILES string of the molecule is CCCOc1nc2c(cc1C(=N)N)CCCC2. The topological polar surface area (TPSA) is 72.0 Å². The summed E-state index contributed by atoms with van der Waals surface area (Å²) < 4.78 is 5.58. The van der Waals surface area contributed by atoms with E-state index in [1.807, 2.05) is 13.0 Å². The van der Waals surface area contributed by atoms with E-state index in [0.29, 0.717) is 18.1 Å². The Morgan fingerprint density at radius 2 is 2.24 bits per heavy atom. The zero-order valence-corrected chi connectivity index (χ0v) is 10.3. The Labute approximate surface area is 102 Å². The second kappa shape index (κ2) is 5.17. The number of pyridine rings is 1. The van der Waals surface area contributed by atoms with Gasteiger partial charge in [-0.3, -0.25) is 5.41 Å². The van der Waals surface area contributed by atoms with Crippen molar-refractivity contribution in [3.63, 3.8) is 0 Å². The van der Waals surface area contributed by atoms with Gasteiger partial charge in [-0.2, -0.15) is 0 Å². The predicted octanol–water partition coefficient (Wildman–Crippen LogP) is 2.03. The number of rotatable bonds is 4. The summed E-state index contributed by atoms with van der Waals surface area (Å²) in [6.07, 6.45) is 5.36. The van der Waals surface area contributed by atoms with Gasteiger partial charge < -0.3 is 10.5 Å². The fourth-order valence-corrected chi connectivity index (χ4v) is 2.12. The molecule has 1 aromatic rings. The largest absolute Gasteiger partial charge is 0.477 e. The van der Waals surface area contributed by atoms with Crippen molar-refractivity contribution in [3.05, 3.63) is 22.9 Å². The molecule has 0 bridgehead atoms. The van der Waals surface area contributed by atoms with Crippen LogP contribution in [-0.4, -0.2) is 17.4 Å². The number of ether oxygens (including phenoxy) is 1. The molecule has 0 amide bonds. The molecule has 1 aliphatic rings. The molecule has 2 rings (SSSR count). The molecule has 1 heterocycles. The Morgan fingerprint density at radius 1 is 1.47 bits per heavy atom. The highest BCUT2D eigenvalue weighted by atomic mass is 16.5. The Morgan fingerprint density at radius 3 is 2.94 bits per heavy atom. The van der Waals surface area contributed by atoms with Crippen LogP contribution in [0.25, 0.3) is 0 Å². The Balaban J connectivity index is 2.37. The van der Waals surface area contributed by atoms with Gasteiger partial charge in [-0.25, -0.2) is 4.98 Å². The minimum Gasteiger partial charge on any atom is -0.477 e. The summed E-state index contributed by atoms with van der Waals surface area (Å²) in [5.41, 5.74) is 8.57. The monoisotopic (exact) mass is 233 g/mol. The molecule has 17 heavy (non-hydrogen) atoms. The molecular weight excluding hydrogens is 214 g/mol. The summed E-state index contributed by atoms with van der Waals surface area (Å²) in [6, 6.07) is 1.98. The lowest BCUT2D eigenvalue weighted by molar-refractivity contribution is 0.303. The lowest BCUT2D eigenvalue weighted by Crippen LogP contribution is -2.17. The first kappa shape index (κ1) is 11.9. The van der Waals surface area contributed by atoms with Crippen molar-refractivity contribution in [2.45, 2.75) is 39.0 Å². The van der Waals surface area contributed by atoms with E-state index in [-0.39, 0.29) is 5.84 Å². The average molecular weight is 233 g/mol. The maximum absolute atomic E-state index is 7.59. The Hall–Kier alpha value is -1.58. The lowest BCUT2D eigenvalue weighted by Gasteiger charge is -2.18. The molecule has 0 spiro atoms. The number of nitrogens with zero attached hydrogens (tertiary/aromatic N) is 1. The summed E-state index contributed by atoms with van der Waals surface area (Å²) in [5, 5.41) is 7.59. The zero-order valence-electron chi connectivity index (χ0n) is 10.3.